The summed E-state index contributed by atoms with van der Waals surface area (Å²) in [6.45, 7) is 5.63. The van der Waals surface area contributed by atoms with Crippen molar-refractivity contribution in [3.63, 3.8) is 0 Å². The first-order valence-electron chi connectivity index (χ1n) is 8.70. The highest BCUT2D eigenvalue weighted by molar-refractivity contribution is 5.76. The molecule has 1 aliphatic rings. The zero-order valence-electron chi connectivity index (χ0n) is 14.4. The van der Waals surface area contributed by atoms with Crippen molar-refractivity contribution in [2.45, 2.75) is 32.3 Å². The predicted octanol–water partition coefficient (Wildman–Crippen LogP) is 1.18. The molecule has 3 heterocycles. The molecule has 1 unspecified atom stereocenters. The van der Waals surface area contributed by atoms with E-state index in [1.807, 2.05) is 11.8 Å². The molecule has 1 N–H and O–H groups in total. The van der Waals surface area contributed by atoms with Crippen LogP contribution in [0.1, 0.15) is 25.7 Å². The normalized spacial score (nSPS) is 17.0. The Balaban J connectivity index is 1.43. The highest BCUT2D eigenvalue weighted by atomic mass is 16.5. The number of carbonyl (C=O) groups is 1. The van der Waals surface area contributed by atoms with Gasteiger partial charge in [0.1, 0.15) is 0 Å². The minimum Gasteiger partial charge on any atom is -0.461 e. The van der Waals surface area contributed by atoms with E-state index in [0.717, 1.165) is 19.5 Å². The predicted molar refractivity (Wildman–Crippen MR) is 89.6 cm³/mol. The minimum absolute atomic E-state index is 0.0911. The smallest absolute Gasteiger partial charge is 0.238 e. The Bertz CT molecular complexity index is 662. The molecule has 8 heteroatoms. The summed E-state index contributed by atoms with van der Waals surface area (Å²) < 4.78 is 10.4. The van der Waals surface area contributed by atoms with Gasteiger partial charge in [-0.3, -0.25) is 9.69 Å². The van der Waals surface area contributed by atoms with Crippen LogP contribution in [-0.4, -0.2) is 69.8 Å². The lowest BCUT2D eigenvalue weighted by Crippen LogP contribution is -2.50. The molecular formula is C17H24N4O4. The number of aliphatic hydroxyl groups excluding tert-OH is 1. The van der Waals surface area contributed by atoms with E-state index < -0.39 is 0 Å². The van der Waals surface area contributed by atoms with Crippen molar-refractivity contribution in [3.8, 4) is 11.6 Å². The Labute approximate surface area is 146 Å². The number of aryl methyl sites for hydroxylation is 1. The highest BCUT2D eigenvalue weighted by Crippen LogP contribution is 2.16. The summed E-state index contributed by atoms with van der Waals surface area (Å²) in [4.78, 5) is 20.6. The number of rotatable bonds is 7. The van der Waals surface area contributed by atoms with Gasteiger partial charge in [-0.05, 0) is 18.6 Å². The first kappa shape index (κ1) is 17.6. The van der Waals surface area contributed by atoms with Crippen LogP contribution in [0, 0.1) is 0 Å². The molecule has 1 aliphatic heterocycles. The molecule has 0 bridgehead atoms. The van der Waals surface area contributed by atoms with Crippen LogP contribution in [0.4, 0.5) is 0 Å². The molecule has 0 aromatic carbocycles. The summed E-state index contributed by atoms with van der Waals surface area (Å²) in [7, 11) is 0. The van der Waals surface area contributed by atoms with Crippen LogP contribution >= 0.6 is 0 Å². The zero-order valence-corrected chi connectivity index (χ0v) is 14.4. The van der Waals surface area contributed by atoms with E-state index in [-0.39, 0.29) is 12.0 Å². The molecule has 1 amide bonds. The summed E-state index contributed by atoms with van der Waals surface area (Å²) in [6.07, 6.45) is 2.78. The third-order valence-electron chi connectivity index (χ3n) is 4.43. The van der Waals surface area contributed by atoms with E-state index in [4.69, 9.17) is 8.94 Å². The van der Waals surface area contributed by atoms with Crippen molar-refractivity contribution < 1.29 is 18.8 Å². The molecule has 0 radical (unpaired) electrons. The van der Waals surface area contributed by atoms with Gasteiger partial charge in [-0.25, -0.2) is 0 Å². The van der Waals surface area contributed by atoms with Crippen molar-refractivity contribution in [1.29, 1.82) is 0 Å². The second-order valence-electron chi connectivity index (χ2n) is 6.23. The maximum atomic E-state index is 12.3. The lowest BCUT2D eigenvalue weighted by molar-refractivity contribution is -0.133. The fraction of sp³-hybridized carbons (Fsp3) is 0.588. The average molecular weight is 348 g/mol. The maximum Gasteiger partial charge on any atom is 0.238 e. The SMILES string of the molecule is CCC(O)CN1CCN(C(=O)CCc2nc(-c3ccco3)no2)CC1. The van der Waals surface area contributed by atoms with Gasteiger partial charge in [0.15, 0.2) is 5.76 Å². The Morgan fingerprint density at radius 2 is 2.16 bits per heavy atom. The molecular weight excluding hydrogens is 324 g/mol. The van der Waals surface area contributed by atoms with Crippen LogP contribution in [0.5, 0.6) is 0 Å². The van der Waals surface area contributed by atoms with Crippen molar-refractivity contribution in [2.24, 2.45) is 0 Å². The topological polar surface area (TPSA) is 95.8 Å². The largest absolute Gasteiger partial charge is 0.461 e. The number of hydrogen-bond donors (Lipinski definition) is 1. The summed E-state index contributed by atoms with van der Waals surface area (Å²) in [5.41, 5.74) is 0. The zero-order chi connectivity index (χ0) is 17.6. The molecule has 2 aromatic heterocycles. The lowest BCUT2D eigenvalue weighted by Gasteiger charge is -2.35. The summed E-state index contributed by atoms with van der Waals surface area (Å²) in [5.74, 6) is 1.47. The molecule has 3 rings (SSSR count). The first-order valence-corrected chi connectivity index (χ1v) is 8.70. The maximum absolute atomic E-state index is 12.3. The van der Waals surface area contributed by atoms with Gasteiger partial charge < -0.3 is 18.9 Å². The van der Waals surface area contributed by atoms with Gasteiger partial charge in [-0.2, -0.15) is 4.98 Å². The number of hydrogen-bond acceptors (Lipinski definition) is 7. The number of nitrogens with zero attached hydrogens (tertiary/aromatic N) is 4. The molecule has 1 fully saturated rings. The van der Waals surface area contributed by atoms with E-state index in [1.54, 1.807) is 18.4 Å². The van der Waals surface area contributed by atoms with Crippen LogP contribution in [0.3, 0.4) is 0 Å². The Kier molecular flexibility index (Phi) is 5.83. The van der Waals surface area contributed by atoms with Crippen molar-refractivity contribution in [2.75, 3.05) is 32.7 Å². The van der Waals surface area contributed by atoms with Gasteiger partial charge in [-0.1, -0.05) is 12.1 Å². The van der Waals surface area contributed by atoms with Crippen LogP contribution < -0.4 is 0 Å². The Morgan fingerprint density at radius 3 is 2.84 bits per heavy atom. The molecule has 0 aliphatic carbocycles. The molecule has 1 saturated heterocycles. The molecule has 0 saturated carbocycles. The molecule has 0 spiro atoms. The monoisotopic (exact) mass is 348 g/mol. The van der Waals surface area contributed by atoms with Gasteiger partial charge in [-0.15, -0.1) is 0 Å². The standard InChI is InChI=1S/C17H24N4O4/c1-2-13(22)12-20-7-9-21(10-8-20)16(23)6-5-15-18-17(19-25-15)14-4-3-11-24-14/h3-4,11,13,22H,2,5-10,12H2,1H3. The van der Waals surface area contributed by atoms with Gasteiger partial charge in [0, 0.05) is 45.6 Å². The van der Waals surface area contributed by atoms with Crippen LogP contribution in [0.25, 0.3) is 11.6 Å². The lowest BCUT2D eigenvalue weighted by atomic mass is 10.2. The van der Waals surface area contributed by atoms with Gasteiger partial charge in [0.2, 0.25) is 17.6 Å². The van der Waals surface area contributed by atoms with Gasteiger partial charge in [0.25, 0.3) is 0 Å². The van der Waals surface area contributed by atoms with Gasteiger partial charge in [0.05, 0.1) is 12.4 Å². The third-order valence-corrected chi connectivity index (χ3v) is 4.43. The van der Waals surface area contributed by atoms with E-state index in [9.17, 15) is 9.90 Å². The molecule has 25 heavy (non-hydrogen) atoms. The summed E-state index contributed by atoms with van der Waals surface area (Å²) in [6, 6.07) is 3.52. The van der Waals surface area contributed by atoms with Gasteiger partial charge >= 0.3 is 0 Å². The van der Waals surface area contributed by atoms with Crippen LogP contribution in [0.2, 0.25) is 0 Å². The number of β-amino-alcohol motifs (C(OH)–C–C–N with tert-alkyl or cyclic N) is 1. The third kappa shape index (κ3) is 4.67. The average Bonchev–Trinajstić information content (AvgIpc) is 3.31. The van der Waals surface area contributed by atoms with E-state index in [0.29, 0.717) is 50.0 Å². The highest BCUT2D eigenvalue weighted by Gasteiger charge is 2.22. The Morgan fingerprint density at radius 1 is 1.36 bits per heavy atom. The second-order valence-corrected chi connectivity index (χ2v) is 6.23. The van der Waals surface area contributed by atoms with Crippen LogP contribution in [-0.2, 0) is 11.2 Å². The van der Waals surface area contributed by atoms with E-state index in [1.165, 1.54) is 0 Å². The fourth-order valence-corrected chi connectivity index (χ4v) is 2.84. The number of amides is 1. The number of carbonyl (C=O) groups excluding carboxylic acids is 1. The number of aromatic nitrogens is 2. The quantitative estimate of drug-likeness (QED) is 0.802. The second kappa shape index (κ2) is 8.26. The number of aliphatic hydroxyl groups is 1. The van der Waals surface area contributed by atoms with E-state index >= 15 is 0 Å². The summed E-state index contributed by atoms with van der Waals surface area (Å²) in [5, 5.41) is 13.6. The Hall–Kier alpha value is -2.19. The van der Waals surface area contributed by atoms with Crippen molar-refractivity contribution >= 4 is 5.91 Å². The van der Waals surface area contributed by atoms with Crippen LogP contribution in [0.15, 0.2) is 27.3 Å². The fourth-order valence-electron chi connectivity index (χ4n) is 2.84. The summed E-state index contributed by atoms with van der Waals surface area (Å²) >= 11 is 0. The molecule has 2 aromatic rings. The minimum atomic E-state index is -0.289. The van der Waals surface area contributed by atoms with Crippen molar-refractivity contribution in [1.82, 2.24) is 19.9 Å². The molecule has 1 atom stereocenters. The molecule has 136 valence electrons. The molecule has 8 nitrogen and oxygen atoms in total. The number of piperazine rings is 1. The van der Waals surface area contributed by atoms with E-state index in [2.05, 4.69) is 15.0 Å². The first-order chi connectivity index (χ1) is 12.2. The van der Waals surface area contributed by atoms with Crippen molar-refractivity contribution in [3.05, 3.63) is 24.3 Å². The number of furan rings is 1.